The third-order valence-corrected chi connectivity index (χ3v) is 17.4. The predicted octanol–water partition coefficient (Wildman–Crippen LogP) is 10.6. The summed E-state index contributed by atoms with van der Waals surface area (Å²) >= 11 is 1.84. The minimum absolute atomic E-state index is 0.136. The highest BCUT2D eigenvalue weighted by atomic mass is 32.2. The second-order valence-electron chi connectivity index (χ2n) is 24.0. The van der Waals surface area contributed by atoms with Gasteiger partial charge in [-0.3, -0.25) is 43.4 Å². The van der Waals surface area contributed by atoms with Gasteiger partial charge in [0.2, 0.25) is 0 Å². The first kappa shape index (κ1) is 77.5. The van der Waals surface area contributed by atoms with E-state index in [0.29, 0.717) is 26.2 Å². The number of carboxylic acid groups (broad SMARTS) is 3. The molecule has 0 aromatic heterocycles. The second kappa shape index (κ2) is 43.5. The number of aryl methyl sites for hydroxylation is 6. The molecule has 0 amide bonds. The third-order valence-electron chi connectivity index (χ3n) is 16.3. The summed E-state index contributed by atoms with van der Waals surface area (Å²) in [4.78, 5) is 78.7. The number of hydroxylamine groups is 2. The Morgan fingerprint density at radius 3 is 1.14 bits per heavy atom. The van der Waals surface area contributed by atoms with E-state index in [1.165, 1.54) is 16.7 Å². The number of aliphatic carboxylic acids is 3. The highest BCUT2D eigenvalue weighted by molar-refractivity contribution is 7.99. The molecule has 3 heterocycles. The van der Waals surface area contributed by atoms with Crippen molar-refractivity contribution in [2.24, 2.45) is 0 Å². The fourth-order valence-corrected chi connectivity index (χ4v) is 12.2. The highest BCUT2D eigenvalue weighted by Crippen LogP contribution is 2.27. The molecular weight excluding hydrogens is 1290 g/mol. The van der Waals surface area contributed by atoms with Gasteiger partial charge in [-0.15, -0.1) is 11.8 Å². The number of likely N-dealkylation sites (tertiary alicyclic amines) is 1. The molecule has 3 atom stereocenters. The predicted molar refractivity (Wildman–Crippen MR) is 374 cm³/mol. The Bertz CT molecular complexity index is 3090. The summed E-state index contributed by atoms with van der Waals surface area (Å²) in [5.74, 6) is 2.08. The lowest BCUT2D eigenvalue weighted by Crippen LogP contribution is -2.37. The van der Waals surface area contributed by atoms with Gasteiger partial charge in [0.1, 0.15) is 66.5 Å². The van der Waals surface area contributed by atoms with E-state index in [-0.39, 0.29) is 58.3 Å². The van der Waals surface area contributed by atoms with Crippen LogP contribution in [0.15, 0.2) is 146 Å². The molecule has 3 fully saturated rings. The van der Waals surface area contributed by atoms with Gasteiger partial charge in [-0.25, -0.2) is 0 Å². The topological polar surface area (TPSA) is 265 Å². The van der Waals surface area contributed by atoms with E-state index in [2.05, 4.69) is 28.0 Å². The Labute approximate surface area is 584 Å². The van der Waals surface area contributed by atoms with E-state index >= 15 is 0 Å². The first-order valence-corrected chi connectivity index (χ1v) is 34.9. The van der Waals surface area contributed by atoms with Gasteiger partial charge in [-0.2, -0.15) is 5.06 Å². The van der Waals surface area contributed by atoms with E-state index in [0.717, 1.165) is 147 Å². The van der Waals surface area contributed by atoms with Crippen LogP contribution in [0.1, 0.15) is 91.2 Å². The smallest absolute Gasteiger partial charge is 0.306 e. The molecule has 6 aromatic carbocycles. The average Bonchev–Trinajstić information content (AvgIpc) is 1.42. The van der Waals surface area contributed by atoms with E-state index in [4.69, 9.17) is 62.8 Å². The summed E-state index contributed by atoms with van der Waals surface area (Å²) in [5.41, 5.74) is 6.74. The Kier molecular flexibility index (Phi) is 34.1. The molecule has 3 saturated heterocycles. The SMILES string of the molecule is COc1cccc(CCc2ccccc2OCC(CN2CCCC2)OC(=O)CCC(=O)O)c1.COc1cccc(CCc2ccccc2OCC(CN2CCCO2)OC(=O)CCC(=O)O)c1.COc1cccc(CCc2ccccc2OCC(CN2CCSC2)OC(=O)CCC(=O)O)c1. The number of nitrogens with zero attached hydrogens (tertiary/aromatic N) is 3. The molecule has 3 aliphatic rings. The molecule has 0 spiro atoms. The van der Waals surface area contributed by atoms with E-state index in [1.54, 1.807) is 26.4 Å². The van der Waals surface area contributed by atoms with Crippen molar-refractivity contribution >= 4 is 47.6 Å². The van der Waals surface area contributed by atoms with Crippen molar-refractivity contribution in [1.82, 2.24) is 14.9 Å². The number of hydrogen-bond donors (Lipinski definition) is 3. The van der Waals surface area contributed by atoms with Crippen LogP contribution in [0.25, 0.3) is 0 Å². The van der Waals surface area contributed by atoms with Crippen molar-refractivity contribution in [1.29, 1.82) is 0 Å². The zero-order chi connectivity index (χ0) is 70.4. The van der Waals surface area contributed by atoms with Crippen molar-refractivity contribution in [2.45, 2.75) is 115 Å². The first-order chi connectivity index (χ1) is 48.1. The van der Waals surface area contributed by atoms with Crippen LogP contribution in [-0.2, 0) is 86.3 Å². The molecule has 3 aliphatic heterocycles. The second-order valence-corrected chi connectivity index (χ2v) is 25.1. The largest absolute Gasteiger partial charge is 0.497 e. The van der Waals surface area contributed by atoms with Crippen molar-refractivity contribution in [3.8, 4) is 34.5 Å². The Morgan fingerprint density at radius 2 is 0.798 bits per heavy atom. The Balaban J connectivity index is 0.000000209. The van der Waals surface area contributed by atoms with Crippen LogP contribution in [0.3, 0.4) is 0 Å². The summed E-state index contributed by atoms with van der Waals surface area (Å²) in [5, 5.41) is 28.2. The number of methoxy groups -OCH3 is 3. The maximum atomic E-state index is 12.2. The van der Waals surface area contributed by atoms with Gasteiger partial charge < -0.3 is 58.0 Å². The number of benzene rings is 6. The zero-order valence-corrected chi connectivity index (χ0v) is 57.8. The number of carbonyl (C=O) groups excluding carboxylic acids is 3. The average molecular weight is 1390 g/mol. The van der Waals surface area contributed by atoms with Gasteiger partial charge in [0.05, 0.1) is 73.0 Å². The number of carboxylic acids is 3. The number of esters is 3. The van der Waals surface area contributed by atoms with Gasteiger partial charge in [0, 0.05) is 37.8 Å². The molecule has 3 unspecified atom stereocenters. The summed E-state index contributed by atoms with van der Waals surface area (Å²) in [6, 6.07) is 47.6. The van der Waals surface area contributed by atoms with Crippen molar-refractivity contribution in [2.75, 3.05) is 105 Å². The van der Waals surface area contributed by atoms with Crippen LogP contribution in [0.2, 0.25) is 0 Å². The van der Waals surface area contributed by atoms with Crippen molar-refractivity contribution < 1.29 is 91.6 Å². The van der Waals surface area contributed by atoms with Gasteiger partial charge in [-0.05, 0) is 159 Å². The fourth-order valence-electron chi connectivity index (χ4n) is 11.2. The van der Waals surface area contributed by atoms with Crippen LogP contribution < -0.4 is 28.4 Å². The summed E-state index contributed by atoms with van der Waals surface area (Å²) in [6.07, 6.45) is 5.40. The lowest BCUT2D eigenvalue weighted by Gasteiger charge is -2.24. The summed E-state index contributed by atoms with van der Waals surface area (Å²) in [7, 11) is 4.98. The monoisotopic (exact) mass is 1390 g/mol. The molecule has 0 saturated carbocycles. The summed E-state index contributed by atoms with van der Waals surface area (Å²) in [6.45, 7) is 6.38. The minimum atomic E-state index is -1.03. The molecule has 534 valence electrons. The Hall–Kier alpha value is -8.87. The molecule has 23 heteroatoms. The van der Waals surface area contributed by atoms with Gasteiger partial charge in [0.15, 0.2) is 6.10 Å². The van der Waals surface area contributed by atoms with Gasteiger partial charge in [-0.1, -0.05) is 91.0 Å². The molecule has 99 heavy (non-hydrogen) atoms. The molecule has 0 bridgehead atoms. The van der Waals surface area contributed by atoms with Crippen molar-refractivity contribution in [3.63, 3.8) is 0 Å². The van der Waals surface area contributed by atoms with Crippen LogP contribution in [-0.4, -0.2) is 190 Å². The first-order valence-electron chi connectivity index (χ1n) is 33.7. The maximum Gasteiger partial charge on any atom is 0.306 e. The third kappa shape index (κ3) is 30.0. The van der Waals surface area contributed by atoms with Crippen LogP contribution in [0, 0.1) is 0 Å². The minimum Gasteiger partial charge on any atom is -0.497 e. The van der Waals surface area contributed by atoms with E-state index < -0.39 is 54.1 Å². The fraction of sp³-hybridized carbons (Fsp3) is 0.447. The molecule has 22 nitrogen and oxygen atoms in total. The number of thioether (sulfide) groups is 1. The van der Waals surface area contributed by atoms with Crippen molar-refractivity contribution in [3.05, 3.63) is 179 Å². The summed E-state index contributed by atoms with van der Waals surface area (Å²) < 4.78 is 50.9. The number of ether oxygens (including phenoxy) is 9. The quantitative estimate of drug-likeness (QED) is 0.0239. The number of carbonyl (C=O) groups is 6. The van der Waals surface area contributed by atoms with Crippen LogP contribution in [0.5, 0.6) is 34.5 Å². The highest BCUT2D eigenvalue weighted by Gasteiger charge is 2.27. The number of hydrogen-bond acceptors (Lipinski definition) is 20. The standard InChI is InChI=1S/C26H33NO6.C25H31NO7.C25H31NO6S/c1-31-22-9-6-7-20(17-22)11-12-21-8-2-3-10-24(21)32-19-23(18-27-15-4-5-16-27)33-26(30)14-13-25(28)29;1-30-21-8-4-6-19(16-21)10-11-20-7-2-3-9-23(20)31-18-22(17-26-14-5-15-32-26)33-25(29)13-12-24(27)28;1-30-21-7-4-5-19(15-21)9-10-20-6-2-3-8-23(20)31-17-22(16-26-13-14-33-18-26)32-25(29)12-11-24(27)28/h2-3,6-10,17,23H,4-5,11-16,18-19H2,1H3,(H,28,29);2-4,6-9,16,22H,5,10-15,17-18H2,1H3,(H,27,28);2-8,15,22H,9-14,16-18H2,1H3,(H,27,28). The number of rotatable bonds is 39. The molecule has 0 aliphatic carbocycles. The molecule has 9 rings (SSSR count). The van der Waals surface area contributed by atoms with Crippen LogP contribution >= 0.6 is 11.8 Å². The van der Waals surface area contributed by atoms with Gasteiger partial charge in [0.25, 0.3) is 0 Å². The van der Waals surface area contributed by atoms with Gasteiger partial charge >= 0.3 is 35.8 Å². The lowest BCUT2D eigenvalue weighted by molar-refractivity contribution is -0.166. The lowest BCUT2D eigenvalue weighted by atomic mass is 10.0. The Morgan fingerprint density at radius 1 is 0.424 bits per heavy atom. The van der Waals surface area contributed by atoms with E-state index in [1.807, 2.05) is 139 Å². The van der Waals surface area contributed by atoms with Crippen LogP contribution in [0.4, 0.5) is 0 Å². The molecule has 3 N–H and O–H groups in total. The van der Waals surface area contributed by atoms with E-state index in [9.17, 15) is 28.8 Å². The molecule has 0 radical (unpaired) electrons. The number of para-hydroxylation sites is 3. The molecule has 6 aromatic rings. The normalized spacial score (nSPS) is 14.6. The molecular formula is C76H95N3O19S. The zero-order valence-electron chi connectivity index (χ0n) is 57.0. The maximum absolute atomic E-state index is 12.2.